The number of rotatable bonds is 6. The van der Waals surface area contributed by atoms with E-state index in [4.69, 9.17) is 0 Å². The van der Waals surface area contributed by atoms with Gasteiger partial charge in [0.25, 0.3) is 0 Å². The first-order valence-electron chi connectivity index (χ1n) is 14.0. The highest BCUT2D eigenvalue weighted by atomic mass is 32.2. The first-order chi connectivity index (χ1) is 19.4. The number of benzene rings is 3. The summed E-state index contributed by atoms with van der Waals surface area (Å²) in [5.41, 5.74) is 5.16. The van der Waals surface area contributed by atoms with E-state index in [1.807, 2.05) is 44.2 Å². The van der Waals surface area contributed by atoms with Crippen LogP contribution in [0.2, 0.25) is 0 Å². The number of nitrogens with zero attached hydrogens (tertiary/aromatic N) is 2. The van der Waals surface area contributed by atoms with E-state index in [-0.39, 0.29) is 22.8 Å². The zero-order valence-electron chi connectivity index (χ0n) is 24.0. The summed E-state index contributed by atoms with van der Waals surface area (Å²) in [6, 6.07) is 14.7. The van der Waals surface area contributed by atoms with E-state index in [2.05, 4.69) is 5.32 Å². The van der Waals surface area contributed by atoms with E-state index in [0.717, 1.165) is 41.5 Å². The molecule has 41 heavy (non-hydrogen) atoms. The summed E-state index contributed by atoms with van der Waals surface area (Å²) in [7, 11) is -7.77. The number of fused-ring (bicyclic) bond motifs is 1. The van der Waals surface area contributed by atoms with Crippen molar-refractivity contribution < 1.29 is 21.6 Å². The molecule has 0 aliphatic carbocycles. The summed E-state index contributed by atoms with van der Waals surface area (Å²) in [6.45, 7) is 8.40. The van der Waals surface area contributed by atoms with Crippen LogP contribution < -0.4 is 5.32 Å². The van der Waals surface area contributed by atoms with Gasteiger partial charge in [-0.05, 0) is 98.5 Å². The summed E-state index contributed by atoms with van der Waals surface area (Å²) in [5.74, 6) is -0.504. The third-order valence-electron chi connectivity index (χ3n) is 8.43. The first-order valence-corrected chi connectivity index (χ1v) is 16.9. The van der Waals surface area contributed by atoms with Crippen LogP contribution >= 0.6 is 0 Å². The summed E-state index contributed by atoms with van der Waals surface area (Å²) in [6.07, 6.45) is 2.86. The Morgan fingerprint density at radius 1 is 0.780 bits per heavy atom. The highest BCUT2D eigenvalue weighted by Crippen LogP contribution is 2.34. The van der Waals surface area contributed by atoms with Crippen LogP contribution in [0.5, 0.6) is 0 Å². The van der Waals surface area contributed by atoms with Crippen molar-refractivity contribution in [3.8, 4) is 0 Å². The Hall–Kier alpha value is -3.05. The van der Waals surface area contributed by atoms with E-state index in [1.165, 1.54) is 20.7 Å². The zero-order valence-corrected chi connectivity index (χ0v) is 25.6. The van der Waals surface area contributed by atoms with E-state index < -0.39 is 32.0 Å². The largest absolute Gasteiger partial charge is 0.325 e. The molecule has 0 unspecified atom stereocenters. The fraction of sp³-hybridized carbons (Fsp3) is 0.387. The van der Waals surface area contributed by atoms with Crippen LogP contribution in [-0.4, -0.2) is 50.5 Å². The molecule has 2 aliphatic heterocycles. The van der Waals surface area contributed by atoms with Gasteiger partial charge in [-0.25, -0.2) is 16.8 Å². The standard InChI is InChI=1S/C31H37N3O5S2/c1-21-17-22(2)24(4)30(23(21)3)41(38,39)34-20-26-12-7-6-11-25(26)18-29(34)31(35)32-27-13-10-14-28(19-27)40(36,37)33-15-8-5-9-16-33/h6-7,10-14,17,19,29H,5,8-9,15-16,18,20H2,1-4H3,(H,32,35)/t29-/m0/s1. The molecule has 5 rings (SSSR count). The SMILES string of the molecule is Cc1cc(C)c(C)c(S(=O)(=O)N2Cc3ccccc3C[C@H]2C(=O)Nc2cccc(S(=O)(=O)N3CCCCC3)c2)c1C. The molecule has 0 saturated carbocycles. The molecule has 1 atom stereocenters. The van der Waals surface area contributed by atoms with Gasteiger partial charge < -0.3 is 5.32 Å². The van der Waals surface area contributed by atoms with Gasteiger partial charge in [0.2, 0.25) is 26.0 Å². The zero-order chi connectivity index (χ0) is 29.5. The van der Waals surface area contributed by atoms with E-state index >= 15 is 0 Å². The van der Waals surface area contributed by atoms with Gasteiger partial charge in [0, 0.05) is 25.3 Å². The number of hydrogen-bond donors (Lipinski definition) is 1. The van der Waals surface area contributed by atoms with Crippen molar-refractivity contribution in [2.75, 3.05) is 18.4 Å². The molecule has 0 radical (unpaired) electrons. The quantitative estimate of drug-likeness (QED) is 0.439. The third kappa shape index (κ3) is 5.58. The molecule has 3 aromatic rings. The molecule has 1 amide bonds. The molecule has 0 aromatic heterocycles. The summed E-state index contributed by atoms with van der Waals surface area (Å²) in [4.78, 5) is 14.2. The lowest BCUT2D eigenvalue weighted by molar-refractivity contribution is -0.120. The minimum Gasteiger partial charge on any atom is -0.325 e. The number of hydrogen-bond acceptors (Lipinski definition) is 5. The van der Waals surface area contributed by atoms with Crippen molar-refractivity contribution in [3.05, 3.63) is 88.0 Å². The lowest BCUT2D eigenvalue weighted by Gasteiger charge is -2.36. The fourth-order valence-electron chi connectivity index (χ4n) is 5.87. The summed E-state index contributed by atoms with van der Waals surface area (Å²) >= 11 is 0. The predicted molar refractivity (Wildman–Crippen MR) is 160 cm³/mol. The summed E-state index contributed by atoms with van der Waals surface area (Å²) < 4.78 is 57.9. The van der Waals surface area contributed by atoms with Crippen molar-refractivity contribution in [1.82, 2.24) is 8.61 Å². The normalized spacial score (nSPS) is 18.6. The molecule has 1 fully saturated rings. The monoisotopic (exact) mass is 595 g/mol. The van der Waals surface area contributed by atoms with Crippen molar-refractivity contribution in [1.29, 1.82) is 0 Å². The Kier molecular flexibility index (Phi) is 8.13. The van der Waals surface area contributed by atoms with Gasteiger partial charge in [-0.15, -0.1) is 0 Å². The molecule has 2 heterocycles. The Balaban J connectivity index is 1.50. The molecule has 10 heteroatoms. The maximum atomic E-state index is 14.3. The highest BCUT2D eigenvalue weighted by molar-refractivity contribution is 7.89. The van der Waals surface area contributed by atoms with Gasteiger partial charge in [0.1, 0.15) is 6.04 Å². The number of amides is 1. The fourth-order valence-corrected chi connectivity index (χ4v) is 9.58. The van der Waals surface area contributed by atoms with Crippen molar-refractivity contribution in [2.24, 2.45) is 0 Å². The number of nitrogens with one attached hydrogen (secondary N) is 1. The van der Waals surface area contributed by atoms with Crippen LogP contribution in [0.3, 0.4) is 0 Å². The molecule has 0 bridgehead atoms. The number of aryl methyl sites for hydroxylation is 2. The van der Waals surface area contributed by atoms with E-state index in [0.29, 0.717) is 29.9 Å². The number of piperidine rings is 1. The second kappa shape index (κ2) is 11.3. The lowest BCUT2D eigenvalue weighted by atomic mass is 9.95. The van der Waals surface area contributed by atoms with Crippen molar-refractivity contribution in [2.45, 2.75) is 75.8 Å². The molecule has 0 spiro atoms. The van der Waals surface area contributed by atoms with Gasteiger partial charge in [0.15, 0.2) is 0 Å². The Morgan fingerprint density at radius 2 is 1.41 bits per heavy atom. The smallest absolute Gasteiger partial charge is 0.244 e. The van der Waals surface area contributed by atoms with Gasteiger partial charge in [-0.1, -0.05) is 42.8 Å². The molecule has 1 saturated heterocycles. The van der Waals surface area contributed by atoms with Gasteiger partial charge in [0.05, 0.1) is 9.79 Å². The minimum absolute atomic E-state index is 0.0614. The molecule has 218 valence electrons. The van der Waals surface area contributed by atoms with Crippen LogP contribution in [0.15, 0.2) is 64.4 Å². The molecule has 1 N–H and O–H groups in total. The van der Waals surface area contributed by atoms with Crippen LogP contribution in [0.1, 0.15) is 52.6 Å². The van der Waals surface area contributed by atoms with Gasteiger partial charge in [-0.3, -0.25) is 4.79 Å². The molecule has 8 nitrogen and oxygen atoms in total. The highest BCUT2D eigenvalue weighted by Gasteiger charge is 2.41. The van der Waals surface area contributed by atoms with E-state index in [9.17, 15) is 21.6 Å². The third-order valence-corrected chi connectivity index (χ3v) is 12.5. The lowest BCUT2D eigenvalue weighted by Crippen LogP contribution is -2.50. The average molecular weight is 596 g/mol. The predicted octanol–water partition coefficient (Wildman–Crippen LogP) is 4.85. The number of anilines is 1. The number of carbonyl (C=O) groups excluding carboxylic acids is 1. The van der Waals surface area contributed by atoms with Crippen LogP contribution in [-0.2, 0) is 37.8 Å². The second-order valence-electron chi connectivity index (χ2n) is 11.1. The van der Waals surface area contributed by atoms with Crippen LogP contribution in [0.4, 0.5) is 5.69 Å². The maximum absolute atomic E-state index is 14.3. The van der Waals surface area contributed by atoms with Gasteiger partial charge >= 0.3 is 0 Å². The van der Waals surface area contributed by atoms with E-state index in [1.54, 1.807) is 26.0 Å². The van der Waals surface area contributed by atoms with Crippen LogP contribution in [0, 0.1) is 27.7 Å². The van der Waals surface area contributed by atoms with Crippen molar-refractivity contribution >= 4 is 31.6 Å². The number of sulfonamides is 2. The first kappa shape index (κ1) is 29.4. The molecule has 2 aliphatic rings. The van der Waals surface area contributed by atoms with Crippen molar-refractivity contribution in [3.63, 3.8) is 0 Å². The maximum Gasteiger partial charge on any atom is 0.244 e. The topological polar surface area (TPSA) is 104 Å². The molecule has 3 aromatic carbocycles. The Morgan fingerprint density at radius 3 is 2.07 bits per heavy atom. The molecular formula is C31H37N3O5S2. The average Bonchev–Trinajstić information content (AvgIpc) is 2.96. The Labute approximate surface area is 243 Å². The minimum atomic E-state index is -4.07. The Bertz CT molecular complexity index is 1690. The summed E-state index contributed by atoms with van der Waals surface area (Å²) in [5, 5.41) is 2.84. The number of carbonyl (C=O) groups is 1. The van der Waals surface area contributed by atoms with Crippen LogP contribution in [0.25, 0.3) is 0 Å². The van der Waals surface area contributed by atoms with Gasteiger partial charge in [-0.2, -0.15) is 8.61 Å². The molecular weight excluding hydrogens is 558 g/mol. The second-order valence-corrected chi connectivity index (χ2v) is 14.9.